The van der Waals surface area contributed by atoms with Gasteiger partial charge in [-0.2, -0.15) is 5.26 Å². The summed E-state index contributed by atoms with van der Waals surface area (Å²) >= 11 is 1.21. The molecule has 1 aromatic heterocycles. The molecular weight excluding hydrogens is 384 g/mol. The number of fused-ring (bicyclic) bond motifs is 1. The highest BCUT2D eigenvalue weighted by molar-refractivity contribution is 7.99. The largest absolute Gasteiger partial charge is 0.328 e. The number of aromatic amines is 1. The predicted molar refractivity (Wildman–Crippen MR) is 113 cm³/mol. The van der Waals surface area contributed by atoms with Crippen molar-refractivity contribution in [3.63, 3.8) is 0 Å². The van der Waals surface area contributed by atoms with Crippen LogP contribution in [0, 0.1) is 11.3 Å². The molecule has 0 saturated heterocycles. The van der Waals surface area contributed by atoms with Crippen LogP contribution in [0.15, 0.2) is 71.1 Å². The molecule has 0 fully saturated rings. The third-order valence-corrected chi connectivity index (χ3v) is 5.55. The monoisotopic (exact) mass is 402 g/mol. The average Bonchev–Trinajstić information content (AvgIpc) is 3.33. The predicted octanol–water partition coefficient (Wildman–Crippen LogP) is 3.45. The first kappa shape index (κ1) is 18.8. The second-order valence-corrected chi connectivity index (χ2v) is 7.40. The molecule has 0 bridgehead atoms. The Balaban J connectivity index is 1.52. The minimum atomic E-state index is -0.259. The Morgan fingerprint density at radius 3 is 2.31 bits per heavy atom. The number of rotatable bonds is 5. The lowest BCUT2D eigenvalue weighted by atomic mass is 10.2. The second-order valence-electron chi connectivity index (χ2n) is 6.46. The van der Waals surface area contributed by atoms with E-state index in [1.807, 2.05) is 78.5 Å². The first-order chi connectivity index (χ1) is 14.1. The molecule has 0 saturated carbocycles. The van der Waals surface area contributed by atoms with Crippen molar-refractivity contribution in [1.82, 2.24) is 15.2 Å². The summed E-state index contributed by atoms with van der Waals surface area (Å²) in [5, 5.41) is 17.2. The van der Waals surface area contributed by atoms with Gasteiger partial charge in [-0.3, -0.25) is 9.89 Å². The summed E-state index contributed by atoms with van der Waals surface area (Å²) in [6.45, 7) is 0. The van der Waals surface area contributed by atoms with E-state index >= 15 is 0 Å². The first-order valence-corrected chi connectivity index (χ1v) is 9.93. The number of nitrogens with zero attached hydrogens (tertiary/aromatic N) is 5. The summed E-state index contributed by atoms with van der Waals surface area (Å²) in [5.41, 5.74) is 2.96. The van der Waals surface area contributed by atoms with E-state index in [0.717, 1.165) is 16.9 Å². The highest BCUT2D eigenvalue weighted by Gasteiger charge is 2.31. The number of benzene rings is 2. The molecule has 3 aromatic rings. The van der Waals surface area contributed by atoms with E-state index in [0.29, 0.717) is 16.8 Å². The third-order valence-electron chi connectivity index (χ3n) is 4.70. The van der Waals surface area contributed by atoms with E-state index in [-0.39, 0.29) is 17.1 Å². The lowest BCUT2D eigenvalue weighted by Crippen LogP contribution is -2.26. The molecule has 1 N–H and O–H groups in total. The van der Waals surface area contributed by atoms with Crippen LogP contribution < -0.4 is 9.80 Å². The fourth-order valence-electron chi connectivity index (χ4n) is 3.30. The van der Waals surface area contributed by atoms with Crippen LogP contribution in [0.1, 0.15) is 0 Å². The molecule has 1 aliphatic rings. The molecule has 0 unspecified atom stereocenters. The third kappa shape index (κ3) is 3.48. The number of thioether (sulfide) groups is 1. The Hall–Kier alpha value is -3.57. The molecule has 1 aliphatic heterocycles. The molecule has 0 amide bonds. The van der Waals surface area contributed by atoms with Crippen molar-refractivity contribution >= 4 is 28.9 Å². The number of Topliss-reactive ketones (excluding diaryl/α,β-unsaturated/α-hetero) is 1. The molecule has 0 spiro atoms. The number of allylic oxidation sites excluding steroid dienone is 1. The number of aromatic nitrogens is 3. The maximum Gasteiger partial charge on any atom is 0.209 e. The molecule has 4 rings (SSSR count). The highest BCUT2D eigenvalue weighted by atomic mass is 32.2. The summed E-state index contributed by atoms with van der Waals surface area (Å²) in [4.78, 5) is 21.0. The number of nitriles is 1. The van der Waals surface area contributed by atoms with E-state index in [1.165, 1.54) is 11.8 Å². The van der Waals surface area contributed by atoms with Gasteiger partial charge >= 0.3 is 0 Å². The molecule has 29 heavy (non-hydrogen) atoms. The Kier molecular flexibility index (Phi) is 5.06. The summed E-state index contributed by atoms with van der Waals surface area (Å²) in [5.74, 6) is 1.05. The zero-order chi connectivity index (χ0) is 20.4. The van der Waals surface area contributed by atoms with Crippen molar-refractivity contribution in [3.05, 3.63) is 66.0 Å². The quantitative estimate of drug-likeness (QED) is 0.397. The minimum Gasteiger partial charge on any atom is -0.328 e. The van der Waals surface area contributed by atoms with Crippen molar-refractivity contribution < 1.29 is 4.79 Å². The number of carbonyl (C=O) groups excluding carboxylic acids is 1. The van der Waals surface area contributed by atoms with E-state index in [9.17, 15) is 10.1 Å². The molecule has 0 radical (unpaired) electrons. The Labute approximate surface area is 172 Å². The standard InChI is InChI=1S/C21H18N6OS/c1-26-16-10-6-7-11-17(16)27(2)20(26)15(12-22)18(28)13-29-21-23-19(24-25-21)14-8-4-3-5-9-14/h3-11H,13H2,1-2H3,(H,23,24,25). The van der Waals surface area contributed by atoms with Gasteiger partial charge in [0.1, 0.15) is 17.5 Å². The van der Waals surface area contributed by atoms with Crippen molar-refractivity contribution in [2.75, 3.05) is 29.6 Å². The van der Waals surface area contributed by atoms with Crippen LogP contribution in [-0.2, 0) is 4.79 Å². The molecule has 0 aliphatic carbocycles. The van der Waals surface area contributed by atoms with Gasteiger partial charge in [0.25, 0.3) is 0 Å². The van der Waals surface area contributed by atoms with Gasteiger partial charge in [-0.25, -0.2) is 4.98 Å². The van der Waals surface area contributed by atoms with Gasteiger partial charge in [0.15, 0.2) is 11.6 Å². The lowest BCUT2D eigenvalue weighted by Gasteiger charge is -2.19. The van der Waals surface area contributed by atoms with Gasteiger partial charge in [0, 0.05) is 19.7 Å². The maximum absolute atomic E-state index is 12.8. The van der Waals surface area contributed by atoms with Gasteiger partial charge in [-0.1, -0.05) is 54.2 Å². The van der Waals surface area contributed by atoms with Gasteiger partial charge < -0.3 is 9.80 Å². The number of hydrogen-bond acceptors (Lipinski definition) is 7. The number of H-pyrrole nitrogens is 1. The molecule has 144 valence electrons. The van der Waals surface area contributed by atoms with Crippen LogP contribution in [0.5, 0.6) is 0 Å². The van der Waals surface area contributed by atoms with E-state index in [1.54, 1.807) is 0 Å². The number of anilines is 2. The number of para-hydroxylation sites is 2. The van der Waals surface area contributed by atoms with Crippen molar-refractivity contribution in [3.8, 4) is 17.5 Å². The Morgan fingerprint density at radius 2 is 1.69 bits per heavy atom. The van der Waals surface area contributed by atoms with E-state index in [4.69, 9.17) is 0 Å². The van der Waals surface area contributed by atoms with Gasteiger partial charge in [-0.05, 0) is 12.1 Å². The first-order valence-electron chi connectivity index (χ1n) is 8.95. The Morgan fingerprint density at radius 1 is 1.07 bits per heavy atom. The van der Waals surface area contributed by atoms with Crippen LogP contribution in [-0.4, -0.2) is 40.8 Å². The van der Waals surface area contributed by atoms with Gasteiger partial charge in [0.05, 0.1) is 17.1 Å². The molecular formula is C21H18N6OS. The average molecular weight is 402 g/mol. The van der Waals surface area contributed by atoms with Crippen LogP contribution in [0.3, 0.4) is 0 Å². The molecule has 7 nitrogen and oxygen atoms in total. The zero-order valence-electron chi connectivity index (χ0n) is 16.0. The van der Waals surface area contributed by atoms with Crippen molar-refractivity contribution in [1.29, 1.82) is 5.26 Å². The summed E-state index contributed by atoms with van der Waals surface area (Å²) < 4.78 is 0. The van der Waals surface area contributed by atoms with Gasteiger partial charge in [0.2, 0.25) is 5.16 Å². The fraction of sp³-hybridized carbons (Fsp3) is 0.143. The van der Waals surface area contributed by atoms with Crippen LogP contribution >= 0.6 is 11.8 Å². The summed E-state index contributed by atoms with van der Waals surface area (Å²) in [6.07, 6.45) is 0. The lowest BCUT2D eigenvalue weighted by molar-refractivity contribution is -0.112. The summed E-state index contributed by atoms with van der Waals surface area (Å²) in [6, 6.07) is 19.5. The van der Waals surface area contributed by atoms with Crippen LogP contribution in [0.25, 0.3) is 11.4 Å². The second kappa shape index (κ2) is 7.81. The van der Waals surface area contributed by atoms with E-state index < -0.39 is 0 Å². The minimum absolute atomic E-state index is 0.0799. The SMILES string of the molecule is CN1C(=C(C#N)C(=O)CSc2n[nH]c(-c3ccccc3)n2)N(C)c2ccccc21. The van der Waals surface area contributed by atoms with Crippen molar-refractivity contribution in [2.45, 2.75) is 5.16 Å². The summed E-state index contributed by atoms with van der Waals surface area (Å²) in [7, 11) is 3.72. The molecule has 0 atom stereocenters. The topological polar surface area (TPSA) is 88.9 Å². The number of ketones is 1. The van der Waals surface area contributed by atoms with Crippen LogP contribution in [0.2, 0.25) is 0 Å². The molecule has 2 aromatic carbocycles. The number of nitrogens with one attached hydrogen (secondary N) is 1. The number of hydrogen-bond donors (Lipinski definition) is 1. The maximum atomic E-state index is 12.8. The van der Waals surface area contributed by atoms with Gasteiger partial charge in [-0.15, -0.1) is 5.10 Å². The Bertz CT molecular complexity index is 1100. The van der Waals surface area contributed by atoms with Crippen LogP contribution in [0.4, 0.5) is 11.4 Å². The van der Waals surface area contributed by atoms with Crippen molar-refractivity contribution in [2.24, 2.45) is 0 Å². The van der Waals surface area contributed by atoms with E-state index in [2.05, 4.69) is 21.3 Å². The fourth-order valence-corrected chi connectivity index (χ4v) is 3.97. The number of carbonyl (C=O) groups is 1. The zero-order valence-corrected chi connectivity index (χ0v) is 16.8. The normalized spacial score (nSPS) is 12.7. The molecule has 8 heteroatoms. The molecule has 2 heterocycles. The highest BCUT2D eigenvalue weighted by Crippen LogP contribution is 2.40. The smallest absolute Gasteiger partial charge is 0.209 e.